The lowest BCUT2D eigenvalue weighted by Crippen LogP contribution is -2.09. The lowest BCUT2D eigenvalue weighted by atomic mass is 10.1. The zero-order valence-corrected chi connectivity index (χ0v) is 13.3. The maximum absolute atomic E-state index is 9.29. The van der Waals surface area contributed by atoms with Crippen LogP contribution in [0.25, 0.3) is 0 Å². The van der Waals surface area contributed by atoms with Gasteiger partial charge in [-0.1, -0.05) is 12.1 Å². The highest BCUT2D eigenvalue weighted by Crippen LogP contribution is 2.14. The number of phenols is 1. The van der Waals surface area contributed by atoms with Crippen LogP contribution in [0.3, 0.4) is 0 Å². The van der Waals surface area contributed by atoms with Gasteiger partial charge in [0.05, 0.1) is 0 Å². The first-order chi connectivity index (χ1) is 11.7. The van der Waals surface area contributed by atoms with E-state index in [0.29, 0.717) is 11.8 Å². The molecule has 7 nitrogen and oxygen atoms in total. The minimum Gasteiger partial charge on any atom is -0.508 e. The fourth-order valence-corrected chi connectivity index (χ4v) is 2.19. The average Bonchev–Trinajstić information content (AvgIpc) is 2.57. The first-order valence-corrected chi connectivity index (χ1v) is 7.59. The molecule has 24 heavy (non-hydrogen) atoms. The summed E-state index contributed by atoms with van der Waals surface area (Å²) in [6.07, 6.45) is 3.95. The van der Waals surface area contributed by atoms with Crippen LogP contribution in [-0.4, -0.2) is 31.6 Å². The van der Waals surface area contributed by atoms with Crippen LogP contribution in [-0.2, 0) is 6.42 Å². The molecule has 0 atom stereocenters. The highest BCUT2D eigenvalue weighted by molar-refractivity contribution is 5.50. The molecule has 2 heterocycles. The molecule has 0 bridgehead atoms. The molecular formula is C17H18N6O. The molecule has 3 aromatic rings. The van der Waals surface area contributed by atoms with Gasteiger partial charge in [0.25, 0.3) is 0 Å². The number of rotatable bonds is 6. The third-order valence-electron chi connectivity index (χ3n) is 3.33. The molecule has 0 saturated carbocycles. The Balaban J connectivity index is 1.62. The minimum atomic E-state index is 0.276. The van der Waals surface area contributed by atoms with Crippen LogP contribution in [0.2, 0.25) is 0 Å². The van der Waals surface area contributed by atoms with Crippen LogP contribution in [0.5, 0.6) is 5.75 Å². The zero-order chi connectivity index (χ0) is 16.8. The van der Waals surface area contributed by atoms with E-state index in [4.69, 9.17) is 0 Å². The molecule has 0 aliphatic carbocycles. The van der Waals surface area contributed by atoms with E-state index in [1.54, 1.807) is 24.4 Å². The second kappa shape index (κ2) is 7.36. The lowest BCUT2D eigenvalue weighted by Gasteiger charge is -2.09. The number of nitrogens with one attached hydrogen (secondary N) is 2. The molecule has 2 aromatic heterocycles. The van der Waals surface area contributed by atoms with Gasteiger partial charge in [0, 0.05) is 24.5 Å². The fraction of sp³-hybridized carbons (Fsp3) is 0.176. The van der Waals surface area contributed by atoms with Crippen LogP contribution in [0, 0.1) is 6.92 Å². The molecule has 3 N–H and O–H groups in total. The summed E-state index contributed by atoms with van der Waals surface area (Å²) < 4.78 is 0. The Labute approximate surface area is 139 Å². The summed E-state index contributed by atoms with van der Waals surface area (Å²) in [6.45, 7) is 2.65. The Morgan fingerprint density at radius 3 is 2.62 bits per heavy atom. The van der Waals surface area contributed by atoms with Gasteiger partial charge < -0.3 is 15.7 Å². The van der Waals surface area contributed by atoms with E-state index in [2.05, 4.69) is 30.6 Å². The Kier molecular flexibility index (Phi) is 4.81. The van der Waals surface area contributed by atoms with E-state index < -0.39 is 0 Å². The van der Waals surface area contributed by atoms with Gasteiger partial charge in [0.15, 0.2) is 0 Å². The van der Waals surface area contributed by atoms with E-state index in [1.807, 2.05) is 25.1 Å². The number of phenolic OH excluding ortho intramolecular Hbond substituents is 1. The number of benzene rings is 1. The SMILES string of the molecule is Cc1cc(NCCc2ccc(O)cc2)nc(Nc2ccncn2)n1. The predicted molar refractivity (Wildman–Crippen MR) is 92.4 cm³/mol. The second-order valence-corrected chi connectivity index (χ2v) is 5.28. The smallest absolute Gasteiger partial charge is 0.230 e. The molecular weight excluding hydrogens is 304 g/mol. The number of aryl methyl sites for hydroxylation is 1. The average molecular weight is 322 g/mol. The van der Waals surface area contributed by atoms with Gasteiger partial charge >= 0.3 is 0 Å². The van der Waals surface area contributed by atoms with Crippen molar-refractivity contribution >= 4 is 17.6 Å². The quantitative estimate of drug-likeness (QED) is 0.642. The Morgan fingerprint density at radius 1 is 1.04 bits per heavy atom. The molecule has 0 unspecified atom stereocenters. The molecule has 122 valence electrons. The van der Waals surface area contributed by atoms with Crippen molar-refractivity contribution < 1.29 is 5.11 Å². The van der Waals surface area contributed by atoms with Gasteiger partial charge in [-0.15, -0.1) is 0 Å². The predicted octanol–water partition coefficient (Wildman–Crippen LogP) is 2.68. The molecule has 0 fully saturated rings. The molecule has 7 heteroatoms. The number of hydrogen-bond donors (Lipinski definition) is 3. The summed E-state index contributed by atoms with van der Waals surface area (Å²) in [5, 5.41) is 15.6. The van der Waals surface area contributed by atoms with Crippen molar-refractivity contribution in [3.05, 3.63) is 60.2 Å². The van der Waals surface area contributed by atoms with Gasteiger partial charge in [-0.3, -0.25) is 0 Å². The van der Waals surface area contributed by atoms with Crippen LogP contribution < -0.4 is 10.6 Å². The topological polar surface area (TPSA) is 95.8 Å². The first-order valence-electron chi connectivity index (χ1n) is 7.59. The van der Waals surface area contributed by atoms with Crippen LogP contribution in [0.1, 0.15) is 11.3 Å². The summed E-state index contributed by atoms with van der Waals surface area (Å²) in [7, 11) is 0. The summed E-state index contributed by atoms with van der Waals surface area (Å²) in [4.78, 5) is 16.8. The van der Waals surface area contributed by atoms with Crippen LogP contribution in [0.4, 0.5) is 17.6 Å². The number of nitrogens with zero attached hydrogens (tertiary/aromatic N) is 4. The van der Waals surface area contributed by atoms with Crippen molar-refractivity contribution in [2.45, 2.75) is 13.3 Å². The Bertz CT molecular complexity index is 792. The van der Waals surface area contributed by atoms with Gasteiger partial charge in [-0.25, -0.2) is 15.0 Å². The van der Waals surface area contributed by atoms with E-state index in [0.717, 1.165) is 30.0 Å². The molecule has 3 rings (SSSR count). The maximum atomic E-state index is 9.29. The highest BCUT2D eigenvalue weighted by atomic mass is 16.3. The van der Waals surface area contributed by atoms with Gasteiger partial charge in [-0.05, 0) is 37.1 Å². The third-order valence-corrected chi connectivity index (χ3v) is 3.33. The van der Waals surface area contributed by atoms with Gasteiger partial charge in [0.2, 0.25) is 5.95 Å². The first kappa shape index (κ1) is 15.7. The number of anilines is 3. The van der Waals surface area contributed by atoms with E-state index in [9.17, 15) is 5.11 Å². The number of aromatic nitrogens is 4. The largest absolute Gasteiger partial charge is 0.508 e. The monoisotopic (exact) mass is 322 g/mol. The third kappa shape index (κ3) is 4.39. The number of hydrogen-bond acceptors (Lipinski definition) is 7. The molecule has 1 aromatic carbocycles. The fourth-order valence-electron chi connectivity index (χ4n) is 2.19. The van der Waals surface area contributed by atoms with Crippen molar-refractivity contribution in [3.8, 4) is 5.75 Å². The standard InChI is InChI=1S/C17H18N6O/c1-12-10-16(19-9-6-13-2-4-14(24)5-3-13)23-17(21-12)22-15-7-8-18-11-20-15/h2-5,7-8,10-11,24H,6,9H2,1H3,(H2,18,19,20,21,22,23). The second-order valence-electron chi connectivity index (χ2n) is 5.28. The lowest BCUT2D eigenvalue weighted by molar-refractivity contribution is 0.475. The van der Waals surface area contributed by atoms with E-state index in [1.165, 1.54) is 6.33 Å². The van der Waals surface area contributed by atoms with Crippen molar-refractivity contribution in [1.82, 2.24) is 19.9 Å². The molecule has 0 aliphatic rings. The minimum absolute atomic E-state index is 0.276. The normalized spacial score (nSPS) is 10.4. The van der Waals surface area contributed by atoms with E-state index >= 15 is 0 Å². The Hall–Kier alpha value is -3.22. The molecule has 0 radical (unpaired) electrons. The van der Waals surface area contributed by atoms with Gasteiger partial charge in [-0.2, -0.15) is 4.98 Å². The van der Waals surface area contributed by atoms with Crippen molar-refractivity contribution in [3.63, 3.8) is 0 Å². The molecule has 0 aliphatic heterocycles. The summed E-state index contributed by atoms with van der Waals surface area (Å²) in [6, 6.07) is 10.8. The van der Waals surface area contributed by atoms with Crippen LogP contribution in [0.15, 0.2) is 48.9 Å². The van der Waals surface area contributed by atoms with Crippen LogP contribution >= 0.6 is 0 Å². The zero-order valence-electron chi connectivity index (χ0n) is 13.3. The molecule has 0 amide bonds. The maximum Gasteiger partial charge on any atom is 0.230 e. The van der Waals surface area contributed by atoms with Crippen molar-refractivity contribution in [2.24, 2.45) is 0 Å². The number of aromatic hydroxyl groups is 1. The summed E-state index contributed by atoms with van der Waals surface area (Å²) >= 11 is 0. The Morgan fingerprint density at radius 2 is 1.88 bits per heavy atom. The molecule has 0 spiro atoms. The van der Waals surface area contributed by atoms with Crippen molar-refractivity contribution in [2.75, 3.05) is 17.2 Å². The van der Waals surface area contributed by atoms with Gasteiger partial charge in [0.1, 0.15) is 23.7 Å². The highest BCUT2D eigenvalue weighted by Gasteiger charge is 2.03. The van der Waals surface area contributed by atoms with E-state index in [-0.39, 0.29) is 5.75 Å². The molecule has 0 saturated heterocycles. The summed E-state index contributed by atoms with van der Waals surface area (Å²) in [5.41, 5.74) is 2.00. The summed E-state index contributed by atoms with van der Waals surface area (Å²) in [5.74, 6) is 2.16. The van der Waals surface area contributed by atoms with Crippen molar-refractivity contribution in [1.29, 1.82) is 0 Å².